The summed E-state index contributed by atoms with van der Waals surface area (Å²) in [6, 6.07) is 81.9. The molecule has 0 N–H and O–H groups in total. The van der Waals surface area contributed by atoms with Crippen LogP contribution in [0, 0.1) is 0 Å². The molecule has 2 heteroatoms. The van der Waals surface area contributed by atoms with Gasteiger partial charge in [-0.15, -0.1) is 0 Å². The Morgan fingerprint density at radius 2 is 0.431 bits per heavy atom. The van der Waals surface area contributed by atoms with Crippen molar-refractivity contribution in [3.8, 4) is 0 Å². The molecule has 0 heterocycles. The van der Waals surface area contributed by atoms with Gasteiger partial charge in [-0.2, -0.15) is 0 Å². The number of hydrogen-bond acceptors (Lipinski definition) is 0. The van der Waals surface area contributed by atoms with Gasteiger partial charge in [0, 0.05) is 0 Å². The Morgan fingerprint density at radius 3 is 0.759 bits per heavy atom. The van der Waals surface area contributed by atoms with Gasteiger partial charge in [-0.25, -0.2) is 0 Å². The lowest BCUT2D eigenvalue weighted by atomic mass is 9.35. The third-order valence-electron chi connectivity index (χ3n) is 12.9. The Labute approximate surface area is 338 Å². The average Bonchev–Trinajstić information content (AvgIpc) is 3.29. The first-order valence-corrected chi connectivity index (χ1v) is 20.4. The number of hydrogen-bond donors (Lipinski definition) is 0. The van der Waals surface area contributed by atoms with Crippen molar-refractivity contribution in [1.29, 1.82) is 0 Å². The maximum absolute atomic E-state index is 2.41. The lowest BCUT2D eigenvalue weighted by Gasteiger charge is -2.24. The van der Waals surface area contributed by atoms with Gasteiger partial charge < -0.3 is 0 Å². The number of rotatable bonds is 6. The molecule has 12 rings (SSSR count). The molecule has 0 unspecified atom stereocenters. The molecule has 0 radical (unpaired) electrons. The van der Waals surface area contributed by atoms with Crippen LogP contribution in [0.4, 0.5) is 0 Å². The second kappa shape index (κ2) is 13.2. The zero-order chi connectivity index (χ0) is 38.2. The normalized spacial score (nSPS) is 11.8. The quantitative estimate of drug-likeness (QED) is 0.118. The summed E-state index contributed by atoms with van der Waals surface area (Å²) in [5.74, 6) is 0. The van der Waals surface area contributed by atoms with Crippen LogP contribution in [0.5, 0.6) is 0 Å². The van der Waals surface area contributed by atoms with Crippen LogP contribution in [0.25, 0.3) is 75.4 Å². The Hall–Kier alpha value is -7.15. The lowest BCUT2D eigenvalue weighted by Crippen LogP contribution is -2.53. The van der Waals surface area contributed by atoms with E-state index >= 15 is 0 Å². The fourth-order valence-corrected chi connectivity index (χ4v) is 10.4. The molecular formula is C56H36B2. The zero-order valence-electron chi connectivity index (χ0n) is 31.9. The maximum atomic E-state index is 2.41. The molecule has 0 nitrogen and oxygen atoms in total. The predicted molar refractivity (Wildman–Crippen MR) is 255 cm³/mol. The Kier molecular flexibility index (Phi) is 7.53. The molecular weight excluding hydrogens is 694 g/mol. The maximum Gasteiger partial charge on any atom is 0.243 e. The monoisotopic (exact) mass is 730 g/mol. The average molecular weight is 731 g/mol. The summed E-state index contributed by atoms with van der Waals surface area (Å²) in [7, 11) is 0. The van der Waals surface area contributed by atoms with E-state index in [1.807, 2.05) is 0 Å². The van der Waals surface area contributed by atoms with Gasteiger partial charge in [0.05, 0.1) is 0 Å². The van der Waals surface area contributed by atoms with Gasteiger partial charge in [-0.3, -0.25) is 0 Å². The summed E-state index contributed by atoms with van der Waals surface area (Å²) in [5, 5.41) is 18.1. The Bertz CT molecular complexity index is 3130. The summed E-state index contributed by atoms with van der Waals surface area (Å²) in [4.78, 5) is 0. The van der Waals surface area contributed by atoms with Crippen molar-refractivity contribution in [3.05, 3.63) is 218 Å². The SMILES string of the molecule is c1ccc2c(B(c3cccc4ccccc34)c3ccc4ccc5c(B(c6cccc7ccccc67)c6cccc7ccccc67)ccc6ccc3c4c65)cccc2c1. The molecule has 0 fully saturated rings. The second-order valence-electron chi connectivity index (χ2n) is 15.9. The zero-order valence-corrected chi connectivity index (χ0v) is 31.9. The number of fused-ring (bicyclic) bond motifs is 4. The molecule has 12 aromatic carbocycles. The third-order valence-corrected chi connectivity index (χ3v) is 12.9. The minimum Gasteiger partial charge on any atom is -0.0663 e. The van der Waals surface area contributed by atoms with Crippen LogP contribution < -0.4 is 32.8 Å². The highest BCUT2D eigenvalue weighted by atomic mass is 14.2. The molecule has 266 valence electrons. The largest absolute Gasteiger partial charge is 0.243 e. The van der Waals surface area contributed by atoms with E-state index in [1.165, 1.54) is 108 Å². The third kappa shape index (κ3) is 5.05. The standard InChI is InChI=1S/C56H36B2/c1-5-21-43-37(13-1)17-9-25-49(43)57(50-26-10-18-38-14-2-6-22-44(38)50)53-35-31-41-30-34-48-54(36-32-42-29-33-47(53)55(41)56(42)48)58(51-27-11-19-39-15-3-7-23-45(39)51)52-28-12-20-40-16-4-8-24-46(40)52/h1-36H. The van der Waals surface area contributed by atoms with Crippen molar-refractivity contribution in [2.45, 2.75) is 0 Å². The van der Waals surface area contributed by atoms with Crippen LogP contribution in [-0.2, 0) is 0 Å². The van der Waals surface area contributed by atoms with E-state index in [2.05, 4.69) is 218 Å². The first-order chi connectivity index (χ1) is 28.8. The van der Waals surface area contributed by atoms with E-state index in [4.69, 9.17) is 0 Å². The summed E-state index contributed by atoms with van der Waals surface area (Å²) in [6.45, 7) is 0.0284. The summed E-state index contributed by atoms with van der Waals surface area (Å²) in [5.41, 5.74) is 7.99. The highest BCUT2D eigenvalue weighted by Crippen LogP contribution is 2.34. The molecule has 0 spiro atoms. The Morgan fingerprint density at radius 1 is 0.172 bits per heavy atom. The molecule has 58 heavy (non-hydrogen) atoms. The van der Waals surface area contributed by atoms with Gasteiger partial charge in [0.25, 0.3) is 0 Å². The van der Waals surface area contributed by atoms with Gasteiger partial charge >= 0.3 is 0 Å². The van der Waals surface area contributed by atoms with E-state index in [1.54, 1.807) is 0 Å². The van der Waals surface area contributed by atoms with Crippen LogP contribution in [-0.4, -0.2) is 13.4 Å². The van der Waals surface area contributed by atoms with Crippen LogP contribution in [0.15, 0.2) is 218 Å². The molecule has 0 saturated heterocycles. The molecule has 0 aromatic heterocycles. The first kappa shape index (κ1) is 33.0. The molecule has 0 bridgehead atoms. The van der Waals surface area contributed by atoms with Gasteiger partial charge in [-0.1, -0.05) is 251 Å². The van der Waals surface area contributed by atoms with Crippen LogP contribution >= 0.6 is 0 Å². The molecule has 12 aromatic rings. The molecule has 0 atom stereocenters. The number of benzene rings is 12. The Balaban J connectivity index is 1.17. The fraction of sp³-hybridized carbons (Fsp3) is 0. The predicted octanol–water partition coefficient (Wildman–Crippen LogP) is 10.2. The van der Waals surface area contributed by atoms with E-state index in [0.29, 0.717) is 0 Å². The van der Waals surface area contributed by atoms with Crippen molar-refractivity contribution in [1.82, 2.24) is 0 Å². The molecule has 0 amide bonds. The highest BCUT2D eigenvalue weighted by molar-refractivity contribution is 7.00. The summed E-state index contributed by atoms with van der Waals surface area (Å²) in [6.07, 6.45) is 0. The van der Waals surface area contributed by atoms with Crippen molar-refractivity contribution in [2.75, 3.05) is 0 Å². The highest BCUT2D eigenvalue weighted by Gasteiger charge is 2.30. The first-order valence-electron chi connectivity index (χ1n) is 20.4. The molecule has 0 aliphatic heterocycles. The van der Waals surface area contributed by atoms with Gasteiger partial charge in [0.2, 0.25) is 13.4 Å². The second-order valence-corrected chi connectivity index (χ2v) is 15.9. The lowest BCUT2D eigenvalue weighted by molar-refractivity contribution is 1.75. The minimum absolute atomic E-state index is 0.0142. The van der Waals surface area contributed by atoms with Gasteiger partial charge in [-0.05, 0) is 75.4 Å². The summed E-state index contributed by atoms with van der Waals surface area (Å²) >= 11 is 0. The van der Waals surface area contributed by atoms with Gasteiger partial charge in [0.15, 0.2) is 0 Å². The molecule has 0 saturated carbocycles. The van der Waals surface area contributed by atoms with Gasteiger partial charge in [0.1, 0.15) is 0 Å². The van der Waals surface area contributed by atoms with Crippen molar-refractivity contribution in [3.63, 3.8) is 0 Å². The fourth-order valence-electron chi connectivity index (χ4n) is 10.4. The summed E-state index contributed by atoms with van der Waals surface area (Å²) < 4.78 is 0. The molecule has 0 aliphatic rings. The van der Waals surface area contributed by atoms with Crippen LogP contribution in [0.2, 0.25) is 0 Å². The van der Waals surface area contributed by atoms with E-state index in [9.17, 15) is 0 Å². The van der Waals surface area contributed by atoms with E-state index in [-0.39, 0.29) is 13.4 Å². The molecule has 0 aliphatic carbocycles. The van der Waals surface area contributed by atoms with E-state index < -0.39 is 0 Å². The topological polar surface area (TPSA) is 0 Å². The smallest absolute Gasteiger partial charge is 0.0663 e. The van der Waals surface area contributed by atoms with E-state index in [0.717, 1.165) is 0 Å². The minimum atomic E-state index is 0.0142. The van der Waals surface area contributed by atoms with Crippen molar-refractivity contribution < 1.29 is 0 Å². The van der Waals surface area contributed by atoms with Crippen molar-refractivity contribution in [2.24, 2.45) is 0 Å². The van der Waals surface area contributed by atoms with Crippen molar-refractivity contribution >= 4 is 122 Å². The van der Waals surface area contributed by atoms with Crippen LogP contribution in [0.3, 0.4) is 0 Å². The van der Waals surface area contributed by atoms with Crippen LogP contribution in [0.1, 0.15) is 0 Å².